The van der Waals surface area contributed by atoms with Crippen LogP contribution in [0.4, 0.5) is 0 Å². The number of benzene rings is 1. The number of aromatic nitrogens is 1. The van der Waals surface area contributed by atoms with E-state index in [4.69, 9.17) is 9.15 Å². The standard InChI is InChI=1S/C24H28N2O5S2/c1-24(2,3)18-6-8-20(9-7-18)33(28,29)26-12-10-17(11-13-26)23(27)31-16-19-15-30-22(25-19)21-5-4-14-32-21/h4-9,14-15,17H,10-13,16H2,1-3H3. The van der Waals surface area contributed by atoms with Crippen molar-refractivity contribution in [3.63, 3.8) is 0 Å². The lowest BCUT2D eigenvalue weighted by atomic mass is 9.87. The van der Waals surface area contributed by atoms with Crippen LogP contribution in [0.15, 0.2) is 57.4 Å². The Kier molecular flexibility index (Phi) is 6.74. The smallest absolute Gasteiger partial charge is 0.309 e. The number of sulfonamides is 1. The molecule has 3 aromatic rings. The Hall–Kier alpha value is -2.49. The van der Waals surface area contributed by atoms with Crippen LogP contribution in [0.5, 0.6) is 0 Å². The fourth-order valence-electron chi connectivity index (χ4n) is 3.76. The number of hydrogen-bond donors (Lipinski definition) is 0. The first-order valence-electron chi connectivity index (χ1n) is 10.9. The Balaban J connectivity index is 1.30. The van der Waals surface area contributed by atoms with Crippen LogP contribution in [-0.2, 0) is 31.6 Å². The second-order valence-electron chi connectivity index (χ2n) is 9.18. The molecule has 0 atom stereocenters. The van der Waals surface area contributed by atoms with E-state index in [0.29, 0.717) is 24.4 Å². The number of piperidine rings is 1. The Labute approximate surface area is 198 Å². The minimum Gasteiger partial charge on any atom is -0.459 e. The largest absolute Gasteiger partial charge is 0.459 e. The van der Waals surface area contributed by atoms with Gasteiger partial charge in [-0.05, 0) is 47.4 Å². The van der Waals surface area contributed by atoms with Gasteiger partial charge in [-0.3, -0.25) is 4.79 Å². The topological polar surface area (TPSA) is 89.7 Å². The monoisotopic (exact) mass is 488 g/mol. The van der Waals surface area contributed by atoms with Crippen LogP contribution in [0.3, 0.4) is 0 Å². The van der Waals surface area contributed by atoms with E-state index in [-0.39, 0.29) is 41.9 Å². The van der Waals surface area contributed by atoms with Crippen LogP contribution in [0.2, 0.25) is 0 Å². The van der Waals surface area contributed by atoms with Crippen molar-refractivity contribution in [3.8, 4) is 10.8 Å². The second-order valence-corrected chi connectivity index (χ2v) is 12.1. The molecule has 0 aliphatic carbocycles. The number of thiophene rings is 1. The number of carbonyl (C=O) groups excluding carboxylic acids is 1. The van der Waals surface area contributed by atoms with Gasteiger partial charge < -0.3 is 9.15 Å². The predicted molar refractivity (Wildman–Crippen MR) is 126 cm³/mol. The summed E-state index contributed by atoms with van der Waals surface area (Å²) in [7, 11) is -3.59. The van der Waals surface area contributed by atoms with Crippen molar-refractivity contribution < 1.29 is 22.4 Å². The Morgan fingerprint density at radius 3 is 2.48 bits per heavy atom. The molecule has 33 heavy (non-hydrogen) atoms. The van der Waals surface area contributed by atoms with Gasteiger partial charge in [-0.2, -0.15) is 4.31 Å². The van der Waals surface area contributed by atoms with Crippen LogP contribution >= 0.6 is 11.3 Å². The fourth-order valence-corrected chi connectivity index (χ4v) is 5.88. The van der Waals surface area contributed by atoms with Gasteiger partial charge in [0.15, 0.2) is 0 Å². The van der Waals surface area contributed by atoms with Gasteiger partial charge in [-0.25, -0.2) is 13.4 Å². The van der Waals surface area contributed by atoms with Gasteiger partial charge in [0.1, 0.15) is 18.6 Å². The summed E-state index contributed by atoms with van der Waals surface area (Å²) in [5, 5.41) is 1.94. The third-order valence-electron chi connectivity index (χ3n) is 5.79. The molecule has 1 aromatic carbocycles. The summed E-state index contributed by atoms with van der Waals surface area (Å²) in [6, 6.07) is 10.9. The Morgan fingerprint density at radius 1 is 1.18 bits per heavy atom. The van der Waals surface area contributed by atoms with Crippen LogP contribution < -0.4 is 0 Å². The number of rotatable bonds is 6. The van der Waals surface area contributed by atoms with Gasteiger partial charge in [-0.1, -0.05) is 39.0 Å². The predicted octanol–water partition coefficient (Wildman–Crippen LogP) is 4.84. The number of oxazole rings is 1. The Morgan fingerprint density at radius 2 is 1.88 bits per heavy atom. The highest BCUT2D eigenvalue weighted by atomic mass is 32.2. The maximum absolute atomic E-state index is 13.0. The summed E-state index contributed by atoms with van der Waals surface area (Å²) in [5.41, 5.74) is 1.58. The molecule has 176 valence electrons. The van der Waals surface area contributed by atoms with Crippen molar-refractivity contribution in [3.05, 3.63) is 59.3 Å². The second kappa shape index (κ2) is 9.40. The number of esters is 1. The average molecular weight is 489 g/mol. The molecule has 1 fully saturated rings. The summed E-state index contributed by atoms with van der Waals surface area (Å²) < 4.78 is 38.4. The van der Waals surface area contributed by atoms with Crippen LogP contribution in [-0.4, -0.2) is 36.8 Å². The maximum Gasteiger partial charge on any atom is 0.309 e. The molecule has 1 aliphatic rings. The summed E-state index contributed by atoms with van der Waals surface area (Å²) in [6.07, 6.45) is 2.34. The SMILES string of the molecule is CC(C)(C)c1ccc(S(=O)(=O)N2CCC(C(=O)OCc3coc(-c4cccs4)n3)CC2)cc1. The molecule has 0 unspecified atom stereocenters. The number of ether oxygens (including phenoxy) is 1. The Bertz CT molecular complexity index is 1180. The fraction of sp³-hybridized carbons (Fsp3) is 0.417. The van der Waals surface area contributed by atoms with Gasteiger partial charge in [0.25, 0.3) is 0 Å². The molecule has 0 amide bonds. The average Bonchev–Trinajstić information content (AvgIpc) is 3.49. The van der Waals surface area contributed by atoms with Crippen molar-refractivity contribution in [2.24, 2.45) is 5.92 Å². The zero-order valence-corrected chi connectivity index (χ0v) is 20.6. The van der Waals surface area contributed by atoms with E-state index < -0.39 is 10.0 Å². The normalized spacial score (nSPS) is 16.1. The van der Waals surface area contributed by atoms with E-state index in [1.165, 1.54) is 21.9 Å². The quantitative estimate of drug-likeness (QED) is 0.461. The molecule has 0 spiro atoms. The van der Waals surface area contributed by atoms with E-state index in [1.54, 1.807) is 12.1 Å². The minimum absolute atomic E-state index is 0.0341. The zero-order valence-electron chi connectivity index (χ0n) is 19.0. The molecule has 9 heteroatoms. The first kappa shape index (κ1) is 23.7. The first-order valence-corrected chi connectivity index (χ1v) is 13.2. The molecular formula is C24H28N2O5S2. The molecule has 0 bridgehead atoms. The summed E-state index contributed by atoms with van der Waals surface area (Å²) in [5.74, 6) is -0.157. The van der Waals surface area contributed by atoms with Crippen molar-refractivity contribution >= 4 is 27.3 Å². The molecule has 7 nitrogen and oxygen atoms in total. The molecule has 1 saturated heterocycles. The molecule has 0 saturated carbocycles. The lowest BCUT2D eigenvalue weighted by molar-refractivity contribution is -0.151. The molecular weight excluding hydrogens is 460 g/mol. The van der Waals surface area contributed by atoms with Crippen LogP contribution in [0.1, 0.15) is 44.9 Å². The highest BCUT2D eigenvalue weighted by molar-refractivity contribution is 7.89. The minimum atomic E-state index is -3.59. The highest BCUT2D eigenvalue weighted by Crippen LogP contribution is 2.28. The van der Waals surface area contributed by atoms with E-state index in [9.17, 15) is 13.2 Å². The molecule has 1 aliphatic heterocycles. The van der Waals surface area contributed by atoms with Gasteiger partial charge in [0, 0.05) is 13.1 Å². The summed E-state index contributed by atoms with van der Waals surface area (Å²) >= 11 is 1.52. The van der Waals surface area contributed by atoms with Crippen LogP contribution in [0.25, 0.3) is 10.8 Å². The van der Waals surface area contributed by atoms with E-state index >= 15 is 0 Å². The lowest BCUT2D eigenvalue weighted by Gasteiger charge is -2.30. The van der Waals surface area contributed by atoms with E-state index in [2.05, 4.69) is 25.8 Å². The maximum atomic E-state index is 13.0. The highest BCUT2D eigenvalue weighted by Gasteiger charge is 2.33. The molecule has 0 radical (unpaired) electrons. The molecule has 3 heterocycles. The third kappa shape index (κ3) is 5.37. The van der Waals surface area contributed by atoms with Crippen molar-refractivity contribution in [2.75, 3.05) is 13.1 Å². The molecule has 4 rings (SSSR count). The summed E-state index contributed by atoms with van der Waals surface area (Å²) in [6.45, 7) is 6.88. The first-order chi connectivity index (χ1) is 15.6. The number of hydrogen-bond acceptors (Lipinski definition) is 7. The number of carbonyl (C=O) groups is 1. The van der Waals surface area contributed by atoms with Crippen molar-refractivity contribution in [1.82, 2.24) is 9.29 Å². The molecule has 0 N–H and O–H groups in total. The zero-order chi connectivity index (χ0) is 23.6. The molecule has 2 aromatic heterocycles. The summed E-state index contributed by atoms with van der Waals surface area (Å²) in [4.78, 5) is 18.1. The van der Waals surface area contributed by atoms with E-state index in [1.807, 2.05) is 29.6 Å². The number of nitrogens with zero attached hydrogens (tertiary/aromatic N) is 2. The van der Waals surface area contributed by atoms with Gasteiger partial charge in [0.2, 0.25) is 15.9 Å². The lowest BCUT2D eigenvalue weighted by Crippen LogP contribution is -2.40. The van der Waals surface area contributed by atoms with Gasteiger partial charge in [-0.15, -0.1) is 11.3 Å². The van der Waals surface area contributed by atoms with E-state index in [0.717, 1.165) is 10.4 Å². The van der Waals surface area contributed by atoms with Crippen molar-refractivity contribution in [2.45, 2.75) is 50.5 Å². The van der Waals surface area contributed by atoms with Gasteiger partial charge in [0.05, 0.1) is 15.7 Å². The van der Waals surface area contributed by atoms with Gasteiger partial charge >= 0.3 is 5.97 Å². The third-order valence-corrected chi connectivity index (χ3v) is 8.56. The van der Waals surface area contributed by atoms with Crippen LogP contribution in [0, 0.1) is 5.92 Å². The van der Waals surface area contributed by atoms with Crippen molar-refractivity contribution in [1.29, 1.82) is 0 Å².